The lowest BCUT2D eigenvalue weighted by molar-refractivity contribution is 0.0240. The van der Waals surface area contributed by atoms with Crippen molar-refractivity contribution in [3.05, 3.63) is 60.3 Å². The number of benzene rings is 2. The summed E-state index contributed by atoms with van der Waals surface area (Å²) in [5, 5.41) is 0. The number of fused-ring (bicyclic) bond motifs is 1. The Balaban J connectivity index is 1.34. The molecule has 1 saturated heterocycles. The number of aromatic nitrogens is 3. The molecule has 0 atom stereocenters. The van der Waals surface area contributed by atoms with E-state index < -0.39 is 15.4 Å². The van der Waals surface area contributed by atoms with E-state index >= 15 is 0 Å². The zero-order valence-corrected chi connectivity index (χ0v) is 24.6. The van der Waals surface area contributed by atoms with E-state index in [9.17, 15) is 13.2 Å². The van der Waals surface area contributed by atoms with E-state index in [-0.39, 0.29) is 11.0 Å². The second-order valence-electron chi connectivity index (χ2n) is 11.3. The van der Waals surface area contributed by atoms with Crippen molar-refractivity contribution >= 4 is 32.7 Å². The lowest BCUT2D eigenvalue weighted by atomic mass is 10.1. The monoisotopic (exact) mass is 561 g/mol. The molecule has 2 aromatic heterocycles. The lowest BCUT2D eigenvalue weighted by Gasteiger charge is -2.36. The van der Waals surface area contributed by atoms with Gasteiger partial charge in [-0.2, -0.15) is 0 Å². The van der Waals surface area contributed by atoms with Gasteiger partial charge in [0, 0.05) is 56.3 Å². The van der Waals surface area contributed by atoms with Gasteiger partial charge in [-0.1, -0.05) is 12.1 Å². The molecule has 10 heteroatoms. The highest BCUT2D eigenvalue weighted by Crippen LogP contribution is 2.30. The van der Waals surface area contributed by atoms with Crippen LogP contribution in [0.25, 0.3) is 33.7 Å². The Bertz CT molecular complexity index is 1660. The summed E-state index contributed by atoms with van der Waals surface area (Å²) < 4.78 is 31.2. The summed E-state index contributed by atoms with van der Waals surface area (Å²) in [5.41, 5.74) is 5.88. The Hall–Kier alpha value is -3.92. The predicted octanol–water partition coefficient (Wildman–Crippen LogP) is 5.07. The van der Waals surface area contributed by atoms with Gasteiger partial charge in [0.2, 0.25) is 0 Å². The summed E-state index contributed by atoms with van der Waals surface area (Å²) in [5.74, 6) is 0.748. The van der Waals surface area contributed by atoms with Gasteiger partial charge in [0.15, 0.2) is 9.84 Å². The van der Waals surface area contributed by atoms with Crippen LogP contribution in [0, 0.1) is 6.92 Å². The summed E-state index contributed by atoms with van der Waals surface area (Å²) in [7, 11) is -1.31. The Morgan fingerprint density at radius 3 is 2.08 bits per heavy atom. The van der Waals surface area contributed by atoms with Crippen LogP contribution in [0.4, 0.5) is 10.5 Å². The van der Waals surface area contributed by atoms with Crippen molar-refractivity contribution in [2.45, 2.75) is 38.2 Å². The predicted molar refractivity (Wildman–Crippen MR) is 157 cm³/mol. The molecule has 0 saturated carbocycles. The van der Waals surface area contributed by atoms with E-state index in [1.54, 1.807) is 29.2 Å². The average molecular weight is 562 g/mol. The maximum Gasteiger partial charge on any atom is 0.410 e. The van der Waals surface area contributed by atoms with Gasteiger partial charge >= 0.3 is 6.09 Å². The Morgan fingerprint density at radius 1 is 0.900 bits per heavy atom. The zero-order chi connectivity index (χ0) is 28.8. The van der Waals surface area contributed by atoms with E-state index in [1.165, 1.54) is 6.26 Å². The van der Waals surface area contributed by atoms with Crippen LogP contribution in [0.2, 0.25) is 0 Å². The summed E-state index contributed by atoms with van der Waals surface area (Å²) >= 11 is 0. The van der Waals surface area contributed by atoms with E-state index in [2.05, 4.69) is 29.2 Å². The van der Waals surface area contributed by atoms with Crippen LogP contribution < -0.4 is 4.90 Å². The molecule has 2 aromatic carbocycles. The number of aryl methyl sites for hydroxylation is 2. The number of anilines is 1. The first-order chi connectivity index (χ1) is 18.8. The maximum atomic E-state index is 12.4. The fourth-order valence-electron chi connectivity index (χ4n) is 4.91. The first-order valence-corrected chi connectivity index (χ1v) is 15.2. The number of piperazine rings is 1. The standard InChI is InChI=1S/C30H35N5O4S/c1-20-27-26(33(5)28(32-27)22-9-13-24(14-10-22)40(6,37)38)19-25(31-20)21-7-11-23(12-8-21)34-15-17-35(18-16-34)29(36)39-30(2,3)4/h7-14,19H,15-18H2,1-6H3. The minimum absolute atomic E-state index is 0.261. The van der Waals surface area contributed by atoms with Crippen LogP contribution in [0.3, 0.4) is 0 Å². The highest BCUT2D eigenvalue weighted by atomic mass is 32.2. The van der Waals surface area contributed by atoms with Crippen LogP contribution in [-0.4, -0.2) is 72.0 Å². The van der Waals surface area contributed by atoms with Crippen molar-refractivity contribution in [3.8, 4) is 22.6 Å². The van der Waals surface area contributed by atoms with Crippen molar-refractivity contribution in [2.24, 2.45) is 7.05 Å². The molecule has 1 fully saturated rings. The number of imidazole rings is 1. The topological polar surface area (TPSA) is 97.6 Å². The van der Waals surface area contributed by atoms with Crippen LogP contribution in [0.1, 0.15) is 26.5 Å². The SMILES string of the molecule is Cc1nc(-c2ccc(N3CCN(C(=O)OC(C)(C)C)CC3)cc2)cc2c1nc(-c1ccc(S(C)(=O)=O)cc1)n2C. The molecule has 5 rings (SSSR count). The molecule has 0 radical (unpaired) electrons. The number of hydrogen-bond acceptors (Lipinski definition) is 7. The van der Waals surface area contributed by atoms with Gasteiger partial charge in [0.1, 0.15) is 16.9 Å². The molecule has 3 heterocycles. The van der Waals surface area contributed by atoms with Gasteiger partial charge in [-0.05, 0) is 70.2 Å². The van der Waals surface area contributed by atoms with Gasteiger partial charge in [0.05, 0.1) is 21.8 Å². The van der Waals surface area contributed by atoms with Crippen LogP contribution in [0.15, 0.2) is 59.5 Å². The number of nitrogens with zero attached hydrogens (tertiary/aromatic N) is 5. The first kappa shape index (κ1) is 27.6. The summed E-state index contributed by atoms with van der Waals surface area (Å²) in [6.07, 6.45) is 0.941. The maximum absolute atomic E-state index is 12.4. The second kappa shape index (κ2) is 10.2. The van der Waals surface area contributed by atoms with Gasteiger partial charge < -0.3 is 19.1 Å². The molecule has 0 aliphatic carbocycles. The quantitative estimate of drug-likeness (QED) is 0.343. The fraction of sp³-hybridized carbons (Fsp3) is 0.367. The summed E-state index contributed by atoms with van der Waals surface area (Å²) in [6, 6.07) is 17.2. The van der Waals surface area contributed by atoms with Crippen molar-refractivity contribution in [2.75, 3.05) is 37.3 Å². The van der Waals surface area contributed by atoms with Gasteiger partial charge in [0.25, 0.3) is 0 Å². The second-order valence-corrected chi connectivity index (χ2v) is 13.3. The number of rotatable bonds is 4. The Morgan fingerprint density at radius 2 is 1.50 bits per heavy atom. The number of sulfone groups is 1. The minimum Gasteiger partial charge on any atom is -0.444 e. The number of pyridine rings is 1. The van der Waals surface area contributed by atoms with Crippen molar-refractivity contribution in [3.63, 3.8) is 0 Å². The molecule has 0 N–H and O–H groups in total. The molecule has 0 unspecified atom stereocenters. The number of hydrogen-bond donors (Lipinski definition) is 0. The molecule has 1 aliphatic rings. The van der Waals surface area contributed by atoms with E-state index in [4.69, 9.17) is 14.7 Å². The van der Waals surface area contributed by atoms with Gasteiger partial charge in [-0.15, -0.1) is 0 Å². The highest BCUT2D eigenvalue weighted by molar-refractivity contribution is 7.90. The number of carbonyl (C=O) groups is 1. The van der Waals surface area contributed by atoms with E-state index in [1.807, 2.05) is 45.4 Å². The van der Waals surface area contributed by atoms with Crippen LogP contribution >= 0.6 is 0 Å². The molecular weight excluding hydrogens is 526 g/mol. The van der Waals surface area contributed by atoms with Crippen LogP contribution in [0.5, 0.6) is 0 Å². The molecule has 0 spiro atoms. The normalized spacial score (nSPS) is 14.6. The third-order valence-corrected chi connectivity index (χ3v) is 8.17. The smallest absolute Gasteiger partial charge is 0.410 e. The lowest BCUT2D eigenvalue weighted by Crippen LogP contribution is -2.50. The third-order valence-electron chi connectivity index (χ3n) is 7.04. The van der Waals surface area contributed by atoms with E-state index in [0.29, 0.717) is 13.1 Å². The Labute approximate surface area is 235 Å². The summed E-state index contributed by atoms with van der Waals surface area (Å²) in [4.78, 5) is 26.4. The van der Waals surface area contributed by atoms with Crippen molar-refractivity contribution in [1.29, 1.82) is 0 Å². The molecule has 4 aromatic rings. The average Bonchev–Trinajstić information content (AvgIpc) is 3.24. The van der Waals surface area contributed by atoms with Crippen molar-refractivity contribution in [1.82, 2.24) is 19.4 Å². The van der Waals surface area contributed by atoms with Crippen LogP contribution in [-0.2, 0) is 21.6 Å². The molecule has 1 amide bonds. The van der Waals surface area contributed by atoms with E-state index in [0.717, 1.165) is 58.1 Å². The largest absolute Gasteiger partial charge is 0.444 e. The third kappa shape index (κ3) is 5.67. The highest BCUT2D eigenvalue weighted by Gasteiger charge is 2.26. The molecule has 0 bridgehead atoms. The van der Waals surface area contributed by atoms with Gasteiger partial charge in [-0.3, -0.25) is 4.98 Å². The summed E-state index contributed by atoms with van der Waals surface area (Å²) in [6.45, 7) is 10.3. The Kier molecular flexibility index (Phi) is 7.08. The molecule has 40 heavy (non-hydrogen) atoms. The number of amides is 1. The molecule has 210 valence electrons. The number of ether oxygens (including phenoxy) is 1. The fourth-order valence-corrected chi connectivity index (χ4v) is 5.54. The number of carbonyl (C=O) groups excluding carboxylic acids is 1. The molecular formula is C30H35N5O4S. The zero-order valence-electron chi connectivity index (χ0n) is 23.8. The molecule has 9 nitrogen and oxygen atoms in total. The van der Waals surface area contributed by atoms with Crippen molar-refractivity contribution < 1.29 is 17.9 Å². The minimum atomic E-state index is -3.26. The molecule has 1 aliphatic heterocycles. The van der Waals surface area contributed by atoms with Gasteiger partial charge in [-0.25, -0.2) is 18.2 Å². The first-order valence-electron chi connectivity index (χ1n) is 13.3.